The summed E-state index contributed by atoms with van der Waals surface area (Å²) in [5.74, 6) is 0.440. The number of carbonyl (C=O) groups excluding carboxylic acids is 2. The van der Waals surface area contributed by atoms with Crippen molar-refractivity contribution >= 4 is 40.2 Å². The normalized spacial score (nSPS) is 10.3. The van der Waals surface area contributed by atoms with Crippen LogP contribution in [0.5, 0.6) is 0 Å². The summed E-state index contributed by atoms with van der Waals surface area (Å²) in [6, 6.07) is 5.19. The van der Waals surface area contributed by atoms with Gasteiger partial charge in [-0.25, -0.2) is 4.79 Å². The van der Waals surface area contributed by atoms with Gasteiger partial charge in [0.05, 0.1) is 18.4 Å². The third-order valence-electron chi connectivity index (χ3n) is 2.69. The van der Waals surface area contributed by atoms with Crippen LogP contribution in [0.2, 0.25) is 0 Å². The molecule has 0 aliphatic carbocycles. The lowest BCUT2D eigenvalue weighted by Gasteiger charge is -2.05. The van der Waals surface area contributed by atoms with Gasteiger partial charge < -0.3 is 10.1 Å². The van der Waals surface area contributed by atoms with Crippen molar-refractivity contribution < 1.29 is 14.3 Å². The maximum absolute atomic E-state index is 11.8. The Morgan fingerprint density at radius 1 is 1.52 bits per heavy atom. The molecule has 1 aromatic carbocycles. The number of esters is 1. The van der Waals surface area contributed by atoms with Gasteiger partial charge in [-0.1, -0.05) is 6.08 Å². The summed E-state index contributed by atoms with van der Waals surface area (Å²) >= 11 is 1.47. The lowest BCUT2D eigenvalue weighted by molar-refractivity contribution is -0.113. The fourth-order valence-corrected chi connectivity index (χ4v) is 2.32. The first kappa shape index (κ1) is 15.1. The maximum Gasteiger partial charge on any atom is 0.359 e. The van der Waals surface area contributed by atoms with Crippen LogP contribution in [0, 0.1) is 0 Å². The highest BCUT2D eigenvalue weighted by atomic mass is 32.2. The largest absolute Gasteiger partial charge is 0.464 e. The van der Waals surface area contributed by atoms with Crippen molar-refractivity contribution in [2.24, 2.45) is 0 Å². The number of rotatable bonds is 6. The van der Waals surface area contributed by atoms with Crippen LogP contribution in [-0.4, -0.2) is 40.7 Å². The first-order valence-electron chi connectivity index (χ1n) is 6.20. The van der Waals surface area contributed by atoms with Gasteiger partial charge in [0.25, 0.3) is 0 Å². The average Bonchev–Trinajstić information content (AvgIpc) is 2.90. The smallest absolute Gasteiger partial charge is 0.359 e. The van der Waals surface area contributed by atoms with E-state index in [1.54, 1.807) is 24.3 Å². The fraction of sp³-hybridized carbons (Fsp3) is 0.214. The predicted octanol–water partition coefficient (Wildman–Crippen LogP) is 2.21. The van der Waals surface area contributed by atoms with E-state index >= 15 is 0 Å². The summed E-state index contributed by atoms with van der Waals surface area (Å²) in [6.45, 7) is 3.60. The highest BCUT2D eigenvalue weighted by molar-refractivity contribution is 8.00. The van der Waals surface area contributed by atoms with Gasteiger partial charge in [-0.05, 0) is 18.2 Å². The number of ether oxygens (including phenoxy) is 1. The third kappa shape index (κ3) is 3.63. The van der Waals surface area contributed by atoms with Crippen molar-refractivity contribution in [2.45, 2.75) is 0 Å². The summed E-state index contributed by atoms with van der Waals surface area (Å²) in [6.07, 6.45) is 1.75. The van der Waals surface area contributed by atoms with Crippen LogP contribution in [-0.2, 0) is 9.53 Å². The van der Waals surface area contributed by atoms with Crippen molar-refractivity contribution in [1.29, 1.82) is 0 Å². The molecule has 7 heteroatoms. The zero-order chi connectivity index (χ0) is 15.2. The molecule has 0 unspecified atom stereocenters. The molecule has 2 N–H and O–H groups in total. The molecular formula is C14H15N3O3S. The Bertz CT molecular complexity index is 681. The number of H-pyrrole nitrogens is 1. The highest BCUT2D eigenvalue weighted by Crippen LogP contribution is 2.21. The Morgan fingerprint density at radius 3 is 3.05 bits per heavy atom. The van der Waals surface area contributed by atoms with E-state index in [2.05, 4.69) is 26.8 Å². The number of aromatic nitrogens is 2. The number of aromatic amines is 1. The van der Waals surface area contributed by atoms with Gasteiger partial charge in [-0.2, -0.15) is 5.10 Å². The second kappa shape index (κ2) is 6.94. The van der Waals surface area contributed by atoms with E-state index in [1.165, 1.54) is 18.9 Å². The second-order valence-corrected chi connectivity index (χ2v) is 5.21. The Hall–Kier alpha value is -2.28. The van der Waals surface area contributed by atoms with Gasteiger partial charge in [0.1, 0.15) is 0 Å². The zero-order valence-corrected chi connectivity index (χ0v) is 12.3. The van der Waals surface area contributed by atoms with Crippen molar-refractivity contribution in [3.63, 3.8) is 0 Å². The molecule has 0 fully saturated rings. The number of hydrogen-bond donors (Lipinski definition) is 2. The molecule has 21 heavy (non-hydrogen) atoms. The van der Waals surface area contributed by atoms with E-state index < -0.39 is 5.97 Å². The first-order valence-corrected chi connectivity index (χ1v) is 7.36. The molecule has 0 bridgehead atoms. The van der Waals surface area contributed by atoms with Gasteiger partial charge in [0.2, 0.25) is 5.91 Å². The molecule has 0 radical (unpaired) electrons. The summed E-state index contributed by atoms with van der Waals surface area (Å²) in [5.41, 5.74) is 1.51. The topological polar surface area (TPSA) is 84.1 Å². The molecule has 1 amide bonds. The van der Waals surface area contributed by atoms with Crippen LogP contribution in [0.1, 0.15) is 10.5 Å². The van der Waals surface area contributed by atoms with E-state index in [4.69, 9.17) is 0 Å². The molecule has 0 saturated carbocycles. The predicted molar refractivity (Wildman–Crippen MR) is 83.6 cm³/mol. The number of nitrogens with zero attached hydrogens (tertiary/aromatic N) is 1. The highest BCUT2D eigenvalue weighted by Gasteiger charge is 2.15. The Morgan fingerprint density at radius 2 is 2.33 bits per heavy atom. The van der Waals surface area contributed by atoms with E-state index in [0.29, 0.717) is 22.3 Å². The average molecular weight is 305 g/mol. The second-order valence-electron chi connectivity index (χ2n) is 4.18. The minimum atomic E-state index is -0.522. The summed E-state index contributed by atoms with van der Waals surface area (Å²) in [4.78, 5) is 23.3. The number of thioether (sulfide) groups is 1. The minimum absolute atomic E-state index is 0.107. The Balaban J connectivity index is 2.16. The number of anilines is 1. The van der Waals surface area contributed by atoms with Crippen molar-refractivity contribution in [3.8, 4) is 0 Å². The number of benzene rings is 1. The number of methoxy groups -OCH3 is 1. The zero-order valence-electron chi connectivity index (χ0n) is 11.5. The maximum atomic E-state index is 11.8. The molecule has 0 aliphatic rings. The van der Waals surface area contributed by atoms with Gasteiger partial charge in [0.15, 0.2) is 5.69 Å². The molecule has 0 spiro atoms. The van der Waals surface area contributed by atoms with Crippen LogP contribution >= 0.6 is 11.8 Å². The van der Waals surface area contributed by atoms with Crippen LogP contribution in [0.4, 0.5) is 5.69 Å². The van der Waals surface area contributed by atoms with Gasteiger partial charge in [-0.15, -0.1) is 18.3 Å². The van der Waals surface area contributed by atoms with Gasteiger partial charge >= 0.3 is 5.97 Å². The molecule has 0 saturated heterocycles. The molecule has 0 aliphatic heterocycles. The van der Waals surface area contributed by atoms with Crippen LogP contribution in [0.25, 0.3) is 10.9 Å². The summed E-state index contributed by atoms with van der Waals surface area (Å²) in [5, 5.41) is 10.1. The van der Waals surface area contributed by atoms with Crippen LogP contribution in [0.3, 0.4) is 0 Å². The van der Waals surface area contributed by atoms with E-state index in [1.807, 2.05) is 0 Å². The Kier molecular flexibility index (Phi) is 4.99. The SMILES string of the molecule is C=CCSCC(=O)Nc1ccc2[nH]nc(C(=O)OC)c2c1. The molecule has 0 atom stereocenters. The lowest BCUT2D eigenvalue weighted by Crippen LogP contribution is -2.14. The summed E-state index contributed by atoms with van der Waals surface area (Å²) in [7, 11) is 1.30. The number of amides is 1. The van der Waals surface area contributed by atoms with E-state index in [0.717, 1.165) is 5.75 Å². The summed E-state index contributed by atoms with van der Waals surface area (Å²) < 4.78 is 4.67. The standard InChI is InChI=1S/C14H15N3O3S/c1-3-6-21-8-12(18)15-9-4-5-11-10(7-9)13(17-16-11)14(19)20-2/h3-5,7H,1,6,8H2,2H3,(H,15,18)(H,16,17). The van der Waals surface area contributed by atoms with E-state index in [-0.39, 0.29) is 11.6 Å². The molecule has 6 nitrogen and oxygen atoms in total. The van der Waals surface area contributed by atoms with Crippen molar-refractivity contribution in [2.75, 3.05) is 23.9 Å². The number of carbonyl (C=O) groups is 2. The third-order valence-corrected chi connectivity index (χ3v) is 3.63. The molecule has 1 heterocycles. The molecular weight excluding hydrogens is 290 g/mol. The number of nitrogens with one attached hydrogen (secondary N) is 2. The van der Waals surface area contributed by atoms with Crippen LogP contribution in [0.15, 0.2) is 30.9 Å². The van der Waals surface area contributed by atoms with Crippen molar-refractivity contribution in [3.05, 3.63) is 36.5 Å². The molecule has 2 rings (SSSR count). The van der Waals surface area contributed by atoms with Gasteiger partial charge in [0, 0.05) is 16.8 Å². The molecule has 1 aromatic heterocycles. The van der Waals surface area contributed by atoms with Gasteiger partial charge in [-0.3, -0.25) is 9.89 Å². The van der Waals surface area contributed by atoms with Crippen molar-refractivity contribution in [1.82, 2.24) is 10.2 Å². The molecule has 2 aromatic rings. The first-order chi connectivity index (χ1) is 10.2. The number of hydrogen-bond acceptors (Lipinski definition) is 5. The Labute approximate surface area is 125 Å². The van der Waals surface area contributed by atoms with E-state index in [9.17, 15) is 9.59 Å². The fourth-order valence-electron chi connectivity index (χ4n) is 1.78. The van der Waals surface area contributed by atoms with Crippen LogP contribution < -0.4 is 5.32 Å². The molecule has 110 valence electrons. The quantitative estimate of drug-likeness (QED) is 0.485. The minimum Gasteiger partial charge on any atom is -0.464 e. The monoisotopic (exact) mass is 305 g/mol. The lowest BCUT2D eigenvalue weighted by atomic mass is 10.2. The number of fused-ring (bicyclic) bond motifs is 1.